The van der Waals surface area contributed by atoms with Crippen LogP contribution in [0.4, 0.5) is 0 Å². The Kier molecular flexibility index (Phi) is 11.4. The fourth-order valence-electron chi connectivity index (χ4n) is 5.64. The zero-order chi connectivity index (χ0) is 31.9. The molecule has 4 rings (SSSR count). The molecule has 2 aromatic carbocycles. The number of nitrogens with zero attached hydrogens (tertiary/aromatic N) is 4. The maximum absolute atomic E-state index is 14.5. The maximum atomic E-state index is 14.5. The topological polar surface area (TPSA) is 90.2 Å². The minimum Gasteiger partial charge on any atom is -0.331 e. The van der Waals surface area contributed by atoms with Crippen LogP contribution in [0.5, 0.6) is 0 Å². The second-order valence-electron chi connectivity index (χ2n) is 12.6. The van der Waals surface area contributed by atoms with E-state index in [1.54, 1.807) is 48.5 Å². The number of fused-ring (bicyclic) bond motifs is 1. The van der Waals surface area contributed by atoms with Gasteiger partial charge in [0.25, 0.3) is 5.91 Å². The van der Waals surface area contributed by atoms with Crippen LogP contribution >= 0.6 is 11.3 Å². The normalized spacial score (nSPS) is 15.7. The zero-order valence-corrected chi connectivity index (χ0v) is 27.6. The van der Waals surface area contributed by atoms with Crippen LogP contribution in [0.2, 0.25) is 0 Å². The van der Waals surface area contributed by atoms with E-state index in [1.165, 1.54) is 11.0 Å². The van der Waals surface area contributed by atoms with E-state index < -0.39 is 17.6 Å². The molecule has 44 heavy (non-hydrogen) atoms. The molecule has 1 aromatic heterocycles. The number of benzene rings is 2. The van der Waals surface area contributed by atoms with Gasteiger partial charge in [-0.15, -0.1) is 11.3 Å². The van der Waals surface area contributed by atoms with Crippen LogP contribution in [-0.4, -0.2) is 89.4 Å². The number of hydrogen-bond donors (Lipinski definition) is 1. The molecule has 1 aliphatic rings. The largest absolute Gasteiger partial charge is 0.331 e. The van der Waals surface area contributed by atoms with Crippen molar-refractivity contribution in [2.24, 2.45) is 5.73 Å². The van der Waals surface area contributed by atoms with Gasteiger partial charge >= 0.3 is 0 Å². The van der Waals surface area contributed by atoms with Crippen LogP contribution in [0.3, 0.4) is 0 Å². The summed E-state index contributed by atoms with van der Waals surface area (Å²) in [7, 11) is 5.16. The molecule has 8 nitrogen and oxygen atoms in total. The van der Waals surface area contributed by atoms with Crippen LogP contribution in [0.25, 0.3) is 10.8 Å². The van der Waals surface area contributed by atoms with E-state index >= 15 is 0 Å². The third-order valence-electron chi connectivity index (χ3n) is 8.40. The molecule has 236 valence electrons. The van der Waals surface area contributed by atoms with Crippen molar-refractivity contribution in [1.29, 1.82) is 0 Å². The summed E-state index contributed by atoms with van der Waals surface area (Å²) in [6.07, 6.45) is 7.73. The molecule has 2 atom stereocenters. The van der Waals surface area contributed by atoms with Gasteiger partial charge in [0.15, 0.2) is 0 Å². The Balaban J connectivity index is 1.64. The van der Waals surface area contributed by atoms with E-state index in [2.05, 4.69) is 17.1 Å². The first-order chi connectivity index (χ1) is 20.9. The fourth-order valence-corrected chi connectivity index (χ4v) is 6.39. The number of piperidine rings is 1. The van der Waals surface area contributed by atoms with Crippen LogP contribution in [-0.2, 0) is 27.2 Å². The first-order valence-corrected chi connectivity index (χ1v) is 16.3. The van der Waals surface area contributed by atoms with Gasteiger partial charge in [0.05, 0.1) is 0 Å². The van der Waals surface area contributed by atoms with Gasteiger partial charge in [-0.2, -0.15) is 0 Å². The first-order valence-electron chi connectivity index (χ1n) is 15.5. The van der Waals surface area contributed by atoms with Gasteiger partial charge in [-0.1, -0.05) is 61.0 Å². The monoisotopic (exact) mass is 617 g/mol. The summed E-state index contributed by atoms with van der Waals surface area (Å²) in [5, 5.41) is 7.94. The quantitative estimate of drug-likeness (QED) is 0.293. The van der Waals surface area contributed by atoms with E-state index in [1.807, 2.05) is 61.7 Å². The minimum absolute atomic E-state index is 0.125. The van der Waals surface area contributed by atoms with E-state index in [-0.39, 0.29) is 17.7 Å². The molecule has 1 fully saturated rings. The Morgan fingerprint density at radius 2 is 1.57 bits per heavy atom. The lowest BCUT2D eigenvalue weighted by Gasteiger charge is -2.39. The van der Waals surface area contributed by atoms with E-state index in [9.17, 15) is 14.4 Å². The summed E-state index contributed by atoms with van der Waals surface area (Å²) in [4.78, 5) is 46.0. The number of nitrogens with two attached hydrogens (primary N) is 1. The number of carbonyl (C=O) groups is 3. The van der Waals surface area contributed by atoms with Gasteiger partial charge in [-0.25, -0.2) is 5.01 Å². The molecular weight excluding hydrogens is 570 g/mol. The summed E-state index contributed by atoms with van der Waals surface area (Å²) in [5.74, 6) is -0.684. The van der Waals surface area contributed by atoms with E-state index in [0.717, 1.165) is 53.6 Å². The third-order valence-corrected chi connectivity index (χ3v) is 9.30. The molecule has 0 spiro atoms. The maximum Gasteiger partial charge on any atom is 0.259 e. The number of likely N-dealkylation sites (N-methyl/N-ethyl adjacent to an activating group) is 3. The molecule has 0 radical (unpaired) electrons. The van der Waals surface area contributed by atoms with Crippen molar-refractivity contribution in [1.82, 2.24) is 19.8 Å². The molecule has 3 aromatic rings. The van der Waals surface area contributed by atoms with E-state index in [4.69, 9.17) is 5.73 Å². The van der Waals surface area contributed by atoms with Crippen LogP contribution < -0.4 is 5.73 Å². The minimum atomic E-state index is -0.817. The van der Waals surface area contributed by atoms with Gasteiger partial charge < -0.3 is 15.5 Å². The Labute approximate surface area is 266 Å². The molecule has 3 amide bonds. The van der Waals surface area contributed by atoms with Gasteiger partial charge in [0, 0.05) is 57.5 Å². The van der Waals surface area contributed by atoms with Crippen molar-refractivity contribution in [3.8, 4) is 0 Å². The molecule has 0 aliphatic carbocycles. The van der Waals surface area contributed by atoms with Crippen molar-refractivity contribution >= 4 is 39.8 Å². The summed E-state index contributed by atoms with van der Waals surface area (Å²) < 4.78 is 0. The lowest BCUT2D eigenvalue weighted by molar-refractivity contribution is -0.158. The highest BCUT2D eigenvalue weighted by atomic mass is 32.1. The Morgan fingerprint density at radius 1 is 0.886 bits per heavy atom. The highest BCUT2D eigenvalue weighted by Crippen LogP contribution is 2.22. The van der Waals surface area contributed by atoms with Crippen molar-refractivity contribution in [2.75, 3.05) is 34.2 Å². The molecule has 2 heterocycles. The predicted molar refractivity (Wildman–Crippen MR) is 179 cm³/mol. The lowest BCUT2D eigenvalue weighted by atomic mass is 9.99. The highest BCUT2D eigenvalue weighted by molar-refractivity contribution is 7.09. The van der Waals surface area contributed by atoms with E-state index in [0.29, 0.717) is 19.3 Å². The highest BCUT2D eigenvalue weighted by Gasteiger charge is 2.37. The van der Waals surface area contributed by atoms with Crippen LogP contribution in [0, 0.1) is 0 Å². The van der Waals surface area contributed by atoms with Gasteiger partial charge in [0.2, 0.25) is 11.8 Å². The average Bonchev–Trinajstić information content (AvgIpc) is 3.54. The van der Waals surface area contributed by atoms with Crippen molar-refractivity contribution in [3.05, 3.63) is 82.6 Å². The fraction of sp³-hybridized carbons (Fsp3) is 0.457. The van der Waals surface area contributed by atoms with Crippen molar-refractivity contribution < 1.29 is 14.4 Å². The van der Waals surface area contributed by atoms with Crippen LogP contribution in [0.1, 0.15) is 50.0 Å². The van der Waals surface area contributed by atoms with Gasteiger partial charge in [-0.05, 0) is 67.0 Å². The molecule has 1 saturated heterocycles. The molecular formula is C35H47N5O3S. The summed E-state index contributed by atoms with van der Waals surface area (Å²) in [6, 6.07) is 16.6. The van der Waals surface area contributed by atoms with Crippen molar-refractivity contribution in [3.63, 3.8) is 0 Å². The molecule has 0 saturated carbocycles. The zero-order valence-electron chi connectivity index (χ0n) is 26.7. The number of hydrogen-bond acceptors (Lipinski definition) is 6. The number of thiophene rings is 1. The van der Waals surface area contributed by atoms with Gasteiger partial charge in [0.1, 0.15) is 12.1 Å². The Bertz CT molecular complexity index is 1440. The first kappa shape index (κ1) is 33.4. The number of carbonyl (C=O) groups excluding carboxylic acids is 3. The van der Waals surface area contributed by atoms with Crippen molar-refractivity contribution in [2.45, 2.75) is 70.0 Å². The number of amides is 3. The number of hydrazine groups is 1. The molecule has 0 bridgehead atoms. The standard InChI is InChI=1S/C35H47N5O3S/c1-35(2,36)19-11-16-32(41)37(3)30(24-26-17-18-27-13-7-8-14-28(27)23-26)33(42)38(4)31(25-29-15-12-22-44-29)34(43)39(5)40-20-9-6-10-21-40/h7-8,11-18,22-23,30-31H,6,9-10,19-21,24-25,36H2,1-5H3/b16-11+/t30-,31-/m1/s1. The summed E-state index contributed by atoms with van der Waals surface area (Å²) >= 11 is 1.57. The SMILES string of the molecule is CN(C(=O)/C=C/CC(C)(C)N)[C@H](Cc1ccc2ccccc2c1)C(=O)N(C)[C@H](Cc1cccs1)C(=O)N(C)N1CCCCC1. The van der Waals surface area contributed by atoms with Gasteiger partial charge in [-0.3, -0.25) is 19.4 Å². The smallest absolute Gasteiger partial charge is 0.259 e. The Hall–Kier alpha value is -3.53. The third kappa shape index (κ3) is 8.77. The predicted octanol–water partition coefficient (Wildman–Crippen LogP) is 4.88. The van der Waals surface area contributed by atoms with Crippen LogP contribution in [0.15, 0.2) is 72.1 Å². The second-order valence-corrected chi connectivity index (χ2v) is 13.6. The summed E-state index contributed by atoms with van der Waals surface area (Å²) in [5.41, 5.74) is 6.60. The second kappa shape index (κ2) is 15.0. The summed E-state index contributed by atoms with van der Waals surface area (Å²) in [6.45, 7) is 5.44. The Morgan fingerprint density at radius 3 is 2.23 bits per heavy atom. The average molecular weight is 618 g/mol. The lowest BCUT2D eigenvalue weighted by Crippen LogP contribution is -2.58. The molecule has 2 N–H and O–H groups in total. The molecule has 9 heteroatoms. The molecule has 0 unspecified atom stereocenters. The molecule has 1 aliphatic heterocycles. The number of rotatable bonds is 12.